The van der Waals surface area contributed by atoms with E-state index in [1.165, 1.54) is 0 Å². The van der Waals surface area contributed by atoms with Crippen LogP contribution in [0.2, 0.25) is 0 Å². The average Bonchev–Trinajstić information content (AvgIpc) is 2.26. The summed E-state index contributed by atoms with van der Waals surface area (Å²) in [5, 5.41) is 8.87. The first-order valence-corrected chi connectivity index (χ1v) is 7.20. The molecule has 1 unspecified atom stereocenters. The van der Waals surface area contributed by atoms with E-state index in [1.807, 2.05) is 0 Å². The van der Waals surface area contributed by atoms with Crippen molar-refractivity contribution >= 4 is 21.9 Å². The molecular weight excluding hydrogens is 275 g/mol. The second-order valence-electron chi connectivity index (χ2n) is 4.16. The van der Waals surface area contributed by atoms with Gasteiger partial charge in [-0.25, -0.2) is 4.39 Å². The van der Waals surface area contributed by atoms with E-state index in [0.29, 0.717) is 11.8 Å². The zero-order valence-corrected chi connectivity index (χ0v) is 11.3. The second-order valence-corrected chi connectivity index (χ2v) is 4.81. The van der Waals surface area contributed by atoms with E-state index in [2.05, 4.69) is 15.9 Å². The molecule has 96 valence electrons. The summed E-state index contributed by atoms with van der Waals surface area (Å²) in [5.74, 6) is -0.705. The van der Waals surface area contributed by atoms with E-state index in [1.54, 1.807) is 0 Å². The van der Waals surface area contributed by atoms with E-state index in [4.69, 9.17) is 5.11 Å². The summed E-state index contributed by atoms with van der Waals surface area (Å²) in [6.07, 6.45) is 7.46. The van der Waals surface area contributed by atoms with Crippen molar-refractivity contribution < 1.29 is 14.3 Å². The van der Waals surface area contributed by atoms with Crippen LogP contribution in [0.1, 0.15) is 57.8 Å². The predicted octanol–water partition coefficient (Wildman–Crippen LogP) is 4.31. The molecule has 0 aromatic rings. The van der Waals surface area contributed by atoms with Crippen molar-refractivity contribution in [3.8, 4) is 0 Å². The highest BCUT2D eigenvalue weighted by atomic mass is 79.9. The van der Waals surface area contributed by atoms with Crippen LogP contribution in [0.4, 0.5) is 4.39 Å². The monoisotopic (exact) mass is 296 g/mol. The summed E-state index contributed by atoms with van der Waals surface area (Å²) in [5.41, 5.74) is 0. The fourth-order valence-corrected chi connectivity index (χ4v) is 1.93. The fraction of sp³-hybridized carbons (Fsp3) is 0.917. The molecule has 0 amide bonds. The fourth-order valence-electron chi connectivity index (χ4n) is 1.60. The van der Waals surface area contributed by atoms with Crippen molar-refractivity contribution in [3.63, 3.8) is 0 Å². The topological polar surface area (TPSA) is 37.3 Å². The van der Waals surface area contributed by atoms with Gasteiger partial charge in [-0.2, -0.15) is 0 Å². The van der Waals surface area contributed by atoms with Crippen LogP contribution in [0.5, 0.6) is 0 Å². The lowest BCUT2D eigenvalue weighted by Crippen LogP contribution is -2.00. The van der Waals surface area contributed by atoms with Crippen LogP contribution in [-0.2, 0) is 4.79 Å². The van der Waals surface area contributed by atoms with E-state index in [-0.39, 0.29) is 6.42 Å². The van der Waals surface area contributed by atoms with Crippen LogP contribution in [0.25, 0.3) is 0 Å². The summed E-state index contributed by atoms with van der Waals surface area (Å²) in [4.78, 5) is 10.2. The number of halogens is 2. The molecule has 4 heteroatoms. The number of hydrogen-bond acceptors (Lipinski definition) is 1. The lowest BCUT2D eigenvalue weighted by molar-refractivity contribution is -0.137. The van der Waals surface area contributed by atoms with Gasteiger partial charge in [0.25, 0.3) is 0 Å². The first-order chi connectivity index (χ1) is 7.66. The van der Waals surface area contributed by atoms with Crippen molar-refractivity contribution in [2.24, 2.45) is 0 Å². The minimum atomic E-state index is -0.705. The third-order valence-corrected chi connectivity index (χ3v) is 3.28. The van der Waals surface area contributed by atoms with Gasteiger partial charge in [0, 0.05) is 11.8 Å². The number of carbonyl (C=O) groups is 1. The molecule has 0 rings (SSSR count). The number of carboxylic acids is 1. The van der Waals surface area contributed by atoms with E-state index < -0.39 is 12.1 Å². The third kappa shape index (κ3) is 12.0. The Bertz CT molecular complexity index is 176. The number of unbranched alkanes of at least 4 members (excludes halogenated alkanes) is 6. The van der Waals surface area contributed by atoms with Gasteiger partial charge < -0.3 is 5.11 Å². The lowest BCUT2D eigenvalue weighted by Gasteiger charge is -2.04. The smallest absolute Gasteiger partial charge is 0.303 e. The molecule has 0 aromatic carbocycles. The SMILES string of the molecule is O=C(O)CCCCCCCCCC(F)CBr. The largest absolute Gasteiger partial charge is 0.481 e. The molecule has 0 saturated heterocycles. The van der Waals surface area contributed by atoms with Gasteiger partial charge in [0.15, 0.2) is 0 Å². The number of aliphatic carboxylic acids is 1. The van der Waals surface area contributed by atoms with Gasteiger partial charge in [-0.3, -0.25) is 4.79 Å². The van der Waals surface area contributed by atoms with Crippen molar-refractivity contribution in [1.82, 2.24) is 0 Å². The molecule has 2 nitrogen and oxygen atoms in total. The van der Waals surface area contributed by atoms with Crippen LogP contribution in [0.15, 0.2) is 0 Å². The number of alkyl halides is 2. The van der Waals surface area contributed by atoms with Crippen LogP contribution in [0, 0.1) is 0 Å². The molecule has 0 saturated carbocycles. The summed E-state index contributed by atoms with van der Waals surface area (Å²) >= 11 is 3.11. The van der Waals surface area contributed by atoms with E-state index in [0.717, 1.165) is 44.9 Å². The molecule has 0 aromatic heterocycles. The van der Waals surface area contributed by atoms with Gasteiger partial charge in [-0.1, -0.05) is 54.5 Å². The summed E-state index contributed by atoms with van der Waals surface area (Å²) in [6.45, 7) is 0. The van der Waals surface area contributed by atoms with Gasteiger partial charge in [0.2, 0.25) is 0 Å². The molecular formula is C12H22BrFO2. The molecule has 0 fully saturated rings. The van der Waals surface area contributed by atoms with Crippen molar-refractivity contribution in [2.45, 2.75) is 64.0 Å². The Balaban J connectivity index is 3.01. The Morgan fingerprint density at radius 3 is 2.06 bits per heavy atom. The lowest BCUT2D eigenvalue weighted by atomic mass is 10.1. The highest BCUT2D eigenvalue weighted by Gasteiger charge is 2.02. The maximum absolute atomic E-state index is 12.8. The molecule has 1 N–H and O–H groups in total. The van der Waals surface area contributed by atoms with Crippen LogP contribution < -0.4 is 0 Å². The molecule has 0 aliphatic carbocycles. The minimum absolute atomic E-state index is 0.286. The zero-order valence-electron chi connectivity index (χ0n) is 9.76. The van der Waals surface area contributed by atoms with Gasteiger partial charge >= 0.3 is 5.97 Å². The molecule has 16 heavy (non-hydrogen) atoms. The van der Waals surface area contributed by atoms with Crippen LogP contribution in [0.3, 0.4) is 0 Å². The minimum Gasteiger partial charge on any atom is -0.481 e. The standard InChI is InChI=1S/C12H22BrFO2/c13-10-11(14)8-6-4-2-1-3-5-7-9-12(15)16/h11H,1-10H2,(H,15,16). The summed E-state index contributed by atoms with van der Waals surface area (Å²) in [6, 6.07) is 0. The third-order valence-electron chi connectivity index (χ3n) is 2.58. The van der Waals surface area contributed by atoms with Crippen molar-refractivity contribution in [1.29, 1.82) is 0 Å². The Labute approximate surface area is 106 Å². The molecule has 0 aliphatic heterocycles. The van der Waals surface area contributed by atoms with Gasteiger partial charge in [-0.05, 0) is 12.8 Å². The highest BCUT2D eigenvalue weighted by Crippen LogP contribution is 2.12. The Hall–Kier alpha value is -0.120. The maximum atomic E-state index is 12.8. The molecule has 0 spiro atoms. The molecule has 0 radical (unpaired) electrons. The molecule has 0 heterocycles. The first kappa shape index (κ1) is 15.9. The number of carboxylic acid groups (broad SMARTS) is 1. The number of rotatable bonds is 11. The van der Waals surface area contributed by atoms with Gasteiger partial charge in [0.1, 0.15) is 6.17 Å². The van der Waals surface area contributed by atoms with E-state index in [9.17, 15) is 9.18 Å². The molecule has 1 atom stereocenters. The normalized spacial score (nSPS) is 12.6. The van der Waals surface area contributed by atoms with Gasteiger partial charge in [0.05, 0.1) is 0 Å². The zero-order chi connectivity index (χ0) is 12.2. The van der Waals surface area contributed by atoms with Crippen molar-refractivity contribution in [3.05, 3.63) is 0 Å². The maximum Gasteiger partial charge on any atom is 0.303 e. The van der Waals surface area contributed by atoms with Crippen molar-refractivity contribution in [2.75, 3.05) is 5.33 Å². The van der Waals surface area contributed by atoms with E-state index >= 15 is 0 Å². The Morgan fingerprint density at radius 2 is 1.56 bits per heavy atom. The highest BCUT2D eigenvalue weighted by molar-refractivity contribution is 9.09. The second kappa shape index (κ2) is 11.4. The molecule has 0 aliphatic rings. The predicted molar refractivity (Wildman–Crippen MR) is 67.9 cm³/mol. The Morgan fingerprint density at radius 1 is 1.06 bits per heavy atom. The summed E-state index contributed by atoms with van der Waals surface area (Å²) < 4.78 is 12.8. The average molecular weight is 297 g/mol. The quantitative estimate of drug-likeness (QED) is 0.455. The number of hydrogen-bond donors (Lipinski definition) is 1. The first-order valence-electron chi connectivity index (χ1n) is 6.08. The Kier molecular flexibility index (Phi) is 11.3. The van der Waals surface area contributed by atoms with Crippen LogP contribution in [-0.4, -0.2) is 22.6 Å². The molecule has 0 bridgehead atoms. The summed E-state index contributed by atoms with van der Waals surface area (Å²) in [7, 11) is 0. The van der Waals surface area contributed by atoms with Gasteiger partial charge in [-0.15, -0.1) is 0 Å². The van der Waals surface area contributed by atoms with Crippen LogP contribution >= 0.6 is 15.9 Å².